The summed E-state index contributed by atoms with van der Waals surface area (Å²) in [7, 11) is 0. The van der Waals surface area contributed by atoms with E-state index in [9.17, 15) is 4.79 Å². The summed E-state index contributed by atoms with van der Waals surface area (Å²) >= 11 is 1.17. The van der Waals surface area contributed by atoms with Crippen LogP contribution in [0, 0.1) is 18.3 Å². The third-order valence-corrected chi connectivity index (χ3v) is 4.67. The lowest BCUT2D eigenvalue weighted by molar-refractivity contribution is -0.115. The summed E-state index contributed by atoms with van der Waals surface area (Å²) < 4.78 is 5.67. The van der Waals surface area contributed by atoms with Gasteiger partial charge < -0.3 is 9.73 Å². The molecule has 1 amide bonds. The van der Waals surface area contributed by atoms with Gasteiger partial charge in [0.15, 0.2) is 0 Å². The van der Waals surface area contributed by atoms with E-state index in [0.29, 0.717) is 22.4 Å². The number of nitrogens with zero attached hydrogens (tertiary/aromatic N) is 3. The number of hydrogen-bond donors (Lipinski definition) is 1. The number of anilines is 1. The number of benzene rings is 2. The number of aromatic nitrogens is 2. The average molecular weight is 364 g/mol. The van der Waals surface area contributed by atoms with Crippen LogP contribution in [0.2, 0.25) is 0 Å². The highest BCUT2D eigenvalue weighted by Gasteiger charge is 2.20. The SMILES string of the molecule is Cc1ccccc1-c1nnc(S[C@H](C)C(=O)Nc2ccccc2C#N)o1. The maximum atomic E-state index is 12.4. The van der Waals surface area contributed by atoms with Gasteiger partial charge in [-0.05, 0) is 37.6 Å². The van der Waals surface area contributed by atoms with Crippen LogP contribution in [0.25, 0.3) is 11.5 Å². The van der Waals surface area contributed by atoms with E-state index in [-0.39, 0.29) is 5.91 Å². The second-order valence-corrected chi connectivity index (χ2v) is 6.89. The molecule has 0 bridgehead atoms. The molecule has 0 aliphatic heterocycles. The molecule has 7 heteroatoms. The van der Waals surface area contributed by atoms with Gasteiger partial charge in [-0.25, -0.2) is 0 Å². The van der Waals surface area contributed by atoms with E-state index in [1.807, 2.05) is 31.2 Å². The van der Waals surface area contributed by atoms with Crippen LogP contribution in [-0.4, -0.2) is 21.4 Å². The molecule has 0 aliphatic rings. The van der Waals surface area contributed by atoms with Gasteiger partial charge >= 0.3 is 0 Å². The fraction of sp³-hybridized carbons (Fsp3) is 0.158. The minimum atomic E-state index is -0.466. The van der Waals surface area contributed by atoms with E-state index in [2.05, 4.69) is 21.6 Å². The van der Waals surface area contributed by atoms with Crippen LogP contribution < -0.4 is 5.32 Å². The number of hydrogen-bond acceptors (Lipinski definition) is 6. The standard InChI is InChI=1S/C19H16N4O2S/c1-12-7-3-5-9-15(12)18-22-23-19(25-18)26-13(2)17(24)21-16-10-6-4-8-14(16)11-20/h3-10,13H,1-2H3,(H,21,24)/t13-/m1/s1. The minimum Gasteiger partial charge on any atom is -0.411 e. The fourth-order valence-electron chi connectivity index (χ4n) is 2.31. The third-order valence-electron chi connectivity index (χ3n) is 3.73. The molecule has 2 aromatic carbocycles. The van der Waals surface area contributed by atoms with Crippen molar-refractivity contribution in [1.29, 1.82) is 5.26 Å². The largest absolute Gasteiger partial charge is 0.411 e. The van der Waals surface area contributed by atoms with E-state index in [1.165, 1.54) is 11.8 Å². The van der Waals surface area contributed by atoms with Gasteiger partial charge in [-0.3, -0.25) is 4.79 Å². The molecule has 1 N–H and O–H groups in total. The van der Waals surface area contributed by atoms with Gasteiger partial charge in [0.25, 0.3) is 5.22 Å². The minimum absolute atomic E-state index is 0.242. The van der Waals surface area contributed by atoms with Crippen molar-refractivity contribution in [3.63, 3.8) is 0 Å². The maximum Gasteiger partial charge on any atom is 0.277 e. The molecule has 1 aromatic heterocycles. The molecule has 3 aromatic rings. The first-order valence-electron chi connectivity index (χ1n) is 7.94. The molecular formula is C19H16N4O2S. The van der Waals surface area contributed by atoms with Crippen molar-refractivity contribution in [2.75, 3.05) is 5.32 Å². The molecule has 0 saturated carbocycles. The number of nitrogens with one attached hydrogen (secondary N) is 1. The van der Waals surface area contributed by atoms with Crippen molar-refractivity contribution in [1.82, 2.24) is 10.2 Å². The highest BCUT2D eigenvalue weighted by atomic mass is 32.2. The Hall–Kier alpha value is -3.11. The van der Waals surface area contributed by atoms with Crippen LogP contribution in [0.15, 0.2) is 58.2 Å². The zero-order valence-electron chi connectivity index (χ0n) is 14.3. The summed E-state index contributed by atoms with van der Waals surface area (Å²) in [5.74, 6) is 0.182. The summed E-state index contributed by atoms with van der Waals surface area (Å²) in [4.78, 5) is 12.4. The van der Waals surface area contributed by atoms with E-state index in [4.69, 9.17) is 9.68 Å². The zero-order valence-corrected chi connectivity index (χ0v) is 15.1. The van der Waals surface area contributed by atoms with Crippen molar-refractivity contribution >= 4 is 23.4 Å². The smallest absolute Gasteiger partial charge is 0.277 e. The zero-order chi connectivity index (χ0) is 18.5. The van der Waals surface area contributed by atoms with Crippen molar-refractivity contribution in [2.45, 2.75) is 24.3 Å². The third kappa shape index (κ3) is 3.92. The van der Waals surface area contributed by atoms with Gasteiger partial charge in [0, 0.05) is 5.56 Å². The van der Waals surface area contributed by atoms with Gasteiger partial charge in [-0.15, -0.1) is 10.2 Å². The molecule has 0 aliphatic carbocycles. The predicted molar refractivity (Wildman–Crippen MR) is 99.6 cm³/mol. The number of carbonyl (C=O) groups excluding carboxylic acids is 1. The van der Waals surface area contributed by atoms with Crippen molar-refractivity contribution < 1.29 is 9.21 Å². The lowest BCUT2D eigenvalue weighted by Gasteiger charge is -2.10. The lowest BCUT2D eigenvalue weighted by atomic mass is 10.1. The maximum absolute atomic E-state index is 12.4. The van der Waals surface area contributed by atoms with Gasteiger partial charge in [-0.2, -0.15) is 5.26 Å². The van der Waals surface area contributed by atoms with E-state index in [1.54, 1.807) is 31.2 Å². The Morgan fingerprint density at radius 3 is 2.69 bits per heavy atom. The van der Waals surface area contributed by atoms with Crippen LogP contribution in [0.5, 0.6) is 0 Å². The van der Waals surface area contributed by atoms with Crippen LogP contribution in [-0.2, 0) is 4.79 Å². The predicted octanol–water partition coefficient (Wildman–Crippen LogP) is 4.04. The van der Waals surface area contributed by atoms with Gasteiger partial charge in [0.2, 0.25) is 11.8 Å². The Bertz CT molecular complexity index is 977. The van der Waals surface area contributed by atoms with Gasteiger partial charge in [0.1, 0.15) is 6.07 Å². The molecule has 0 spiro atoms. The number of nitriles is 1. The summed E-state index contributed by atoms with van der Waals surface area (Å²) in [6, 6.07) is 16.6. The summed E-state index contributed by atoms with van der Waals surface area (Å²) in [6.07, 6.45) is 0. The lowest BCUT2D eigenvalue weighted by Crippen LogP contribution is -2.22. The Labute approximate surface area is 155 Å². The highest BCUT2D eigenvalue weighted by Crippen LogP contribution is 2.28. The molecule has 130 valence electrons. The number of amides is 1. The molecule has 0 saturated heterocycles. The first-order valence-corrected chi connectivity index (χ1v) is 8.82. The molecule has 6 nitrogen and oxygen atoms in total. The average Bonchev–Trinajstić information content (AvgIpc) is 3.10. The summed E-state index contributed by atoms with van der Waals surface area (Å²) in [6.45, 7) is 3.71. The molecule has 1 heterocycles. The quantitative estimate of drug-likeness (QED) is 0.687. The molecule has 0 radical (unpaired) electrons. The van der Waals surface area contributed by atoms with Crippen LogP contribution >= 0.6 is 11.8 Å². The van der Waals surface area contributed by atoms with Crippen molar-refractivity contribution in [3.8, 4) is 17.5 Å². The van der Waals surface area contributed by atoms with Gasteiger partial charge in [0.05, 0.1) is 16.5 Å². The Morgan fingerprint density at radius 2 is 1.92 bits per heavy atom. The van der Waals surface area contributed by atoms with Gasteiger partial charge in [-0.1, -0.05) is 42.1 Å². The normalized spacial score (nSPS) is 11.6. The van der Waals surface area contributed by atoms with Crippen LogP contribution in [0.1, 0.15) is 18.1 Å². The van der Waals surface area contributed by atoms with E-state index in [0.717, 1.165) is 11.1 Å². The number of rotatable bonds is 5. The topological polar surface area (TPSA) is 91.8 Å². The Kier molecular flexibility index (Phi) is 5.34. The van der Waals surface area contributed by atoms with Crippen molar-refractivity contribution in [3.05, 3.63) is 59.7 Å². The number of thioether (sulfide) groups is 1. The summed E-state index contributed by atoms with van der Waals surface area (Å²) in [5.41, 5.74) is 2.80. The molecular weight excluding hydrogens is 348 g/mol. The van der Waals surface area contributed by atoms with E-state index >= 15 is 0 Å². The second-order valence-electron chi connectivity index (χ2n) is 5.59. The van der Waals surface area contributed by atoms with Crippen LogP contribution in [0.4, 0.5) is 5.69 Å². The second kappa shape index (κ2) is 7.85. The number of para-hydroxylation sites is 1. The highest BCUT2D eigenvalue weighted by molar-refractivity contribution is 8.00. The molecule has 3 rings (SSSR count). The summed E-state index contributed by atoms with van der Waals surface area (Å²) in [5, 5.41) is 19.8. The first kappa shape index (κ1) is 17.7. The van der Waals surface area contributed by atoms with Crippen LogP contribution in [0.3, 0.4) is 0 Å². The fourth-order valence-corrected chi connectivity index (χ4v) is 2.99. The first-order chi connectivity index (χ1) is 12.6. The molecule has 1 atom stereocenters. The monoisotopic (exact) mass is 364 g/mol. The Balaban J connectivity index is 1.69. The molecule has 0 unspecified atom stereocenters. The van der Waals surface area contributed by atoms with E-state index < -0.39 is 5.25 Å². The molecule has 26 heavy (non-hydrogen) atoms. The van der Waals surface area contributed by atoms with Crippen molar-refractivity contribution in [2.24, 2.45) is 0 Å². The Morgan fingerprint density at radius 1 is 1.19 bits per heavy atom. The number of aryl methyl sites for hydroxylation is 1. The number of carbonyl (C=O) groups is 1. The molecule has 0 fully saturated rings.